The third-order valence-corrected chi connectivity index (χ3v) is 3.36. The molecule has 0 spiro atoms. The summed E-state index contributed by atoms with van der Waals surface area (Å²) >= 11 is 0. The molecule has 1 amide bonds. The van der Waals surface area contributed by atoms with Gasteiger partial charge in [-0.15, -0.1) is 0 Å². The van der Waals surface area contributed by atoms with Gasteiger partial charge in [-0.25, -0.2) is 4.79 Å². The van der Waals surface area contributed by atoms with E-state index < -0.39 is 5.97 Å². The number of nitrogens with one attached hydrogen (secondary N) is 1. The lowest BCUT2D eigenvalue weighted by Crippen LogP contribution is -2.13. The Balaban J connectivity index is 1.77. The molecule has 0 aromatic heterocycles. The van der Waals surface area contributed by atoms with E-state index in [2.05, 4.69) is 5.32 Å². The first kappa shape index (κ1) is 17.3. The Bertz CT molecular complexity index is 725. The number of aryl methyl sites for hydroxylation is 1. The van der Waals surface area contributed by atoms with Crippen molar-refractivity contribution in [3.63, 3.8) is 0 Å². The monoisotopic (exact) mass is 329 g/mol. The second-order valence-corrected chi connectivity index (χ2v) is 5.35. The molecular formula is C18H19NO5. The maximum atomic E-state index is 11.8. The van der Waals surface area contributed by atoms with Gasteiger partial charge in [0.15, 0.2) is 0 Å². The van der Waals surface area contributed by atoms with Gasteiger partial charge < -0.3 is 20.3 Å². The number of aromatic hydroxyl groups is 1. The van der Waals surface area contributed by atoms with Crippen molar-refractivity contribution in [3.8, 4) is 11.5 Å². The van der Waals surface area contributed by atoms with Gasteiger partial charge in [-0.2, -0.15) is 0 Å². The highest BCUT2D eigenvalue weighted by molar-refractivity contribution is 5.94. The first-order chi connectivity index (χ1) is 11.5. The highest BCUT2D eigenvalue weighted by Gasteiger charge is 2.10. The normalized spacial score (nSPS) is 10.2. The van der Waals surface area contributed by atoms with Crippen LogP contribution in [0.1, 0.15) is 28.8 Å². The Morgan fingerprint density at radius 1 is 1.12 bits per heavy atom. The summed E-state index contributed by atoms with van der Waals surface area (Å²) in [5.74, 6) is -0.945. The number of ether oxygens (including phenoxy) is 1. The number of benzene rings is 2. The van der Waals surface area contributed by atoms with Gasteiger partial charge in [-0.1, -0.05) is 17.7 Å². The predicted octanol–water partition coefficient (Wildman–Crippen LogP) is 3.20. The van der Waals surface area contributed by atoms with Gasteiger partial charge in [0.25, 0.3) is 0 Å². The molecule has 0 aliphatic carbocycles. The van der Waals surface area contributed by atoms with Crippen LogP contribution in [0, 0.1) is 6.92 Å². The third-order valence-electron chi connectivity index (χ3n) is 3.36. The van der Waals surface area contributed by atoms with Crippen molar-refractivity contribution in [2.24, 2.45) is 0 Å². The molecule has 0 saturated heterocycles. The van der Waals surface area contributed by atoms with Crippen LogP contribution in [-0.2, 0) is 4.79 Å². The maximum absolute atomic E-state index is 11.8. The van der Waals surface area contributed by atoms with E-state index in [0.29, 0.717) is 13.0 Å². The summed E-state index contributed by atoms with van der Waals surface area (Å²) < 4.78 is 5.53. The number of carboxylic acids is 1. The number of hydrogen-bond donors (Lipinski definition) is 3. The van der Waals surface area contributed by atoms with E-state index >= 15 is 0 Å². The van der Waals surface area contributed by atoms with Crippen molar-refractivity contribution < 1.29 is 24.5 Å². The first-order valence-corrected chi connectivity index (χ1v) is 7.51. The van der Waals surface area contributed by atoms with Crippen LogP contribution >= 0.6 is 0 Å². The number of aromatic carboxylic acids is 1. The van der Waals surface area contributed by atoms with E-state index in [9.17, 15) is 14.7 Å². The first-order valence-electron chi connectivity index (χ1n) is 7.51. The standard InChI is InChI=1S/C18H19NO5/c1-12-4-7-14(8-5-12)24-10-2-3-17(21)19-15-9-6-13(18(22)23)11-16(15)20/h4-9,11,20H,2-3,10H2,1H3,(H,19,21)(H,22,23). The van der Waals surface area contributed by atoms with Gasteiger partial charge in [0.05, 0.1) is 17.9 Å². The van der Waals surface area contributed by atoms with Gasteiger partial charge in [-0.3, -0.25) is 4.79 Å². The number of anilines is 1. The number of carboxylic acid groups (broad SMARTS) is 1. The molecule has 2 rings (SSSR count). The van der Waals surface area contributed by atoms with Crippen molar-refractivity contribution in [1.82, 2.24) is 0 Å². The van der Waals surface area contributed by atoms with Gasteiger partial charge in [0.1, 0.15) is 11.5 Å². The van der Waals surface area contributed by atoms with E-state index in [0.717, 1.165) is 17.4 Å². The zero-order valence-electron chi connectivity index (χ0n) is 13.3. The molecule has 0 radical (unpaired) electrons. The minimum Gasteiger partial charge on any atom is -0.506 e. The van der Waals surface area contributed by atoms with Crippen LogP contribution in [0.3, 0.4) is 0 Å². The molecule has 126 valence electrons. The van der Waals surface area contributed by atoms with Crippen LogP contribution in [0.5, 0.6) is 11.5 Å². The van der Waals surface area contributed by atoms with Crippen LogP contribution in [0.25, 0.3) is 0 Å². The molecule has 0 unspecified atom stereocenters. The number of amides is 1. The van der Waals surface area contributed by atoms with Gasteiger partial charge in [-0.05, 0) is 43.7 Å². The lowest BCUT2D eigenvalue weighted by molar-refractivity contribution is -0.116. The topological polar surface area (TPSA) is 95.9 Å². The minimum absolute atomic E-state index is 0.0444. The average molecular weight is 329 g/mol. The second kappa shape index (κ2) is 8.01. The summed E-state index contributed by atoms with van der Waals surface area (Å²) in [4.78, 5) is 22.6. The van der Waals surface area contributed by atoms with E-state index in [4.69, 9.17) is 9.84 Å². The van der Waals surface area contributed by atoms with Crippen molar-refractivity contribution in [2.75, 3.05) is 11.9 Å². The van der Waals surface area contributed by atoms with E-state index in [-0.39, 0.29) is 29.3 Å². The Hall–Kier alpha value is -3.02. The minimum atomic E-state index is -1.14. The molecule has 2 aromatic rings. The zero-order chi connectivity index (χ0) is 17.5. The van der Waals surface area contributed by atoms with E-state index in [1.54, 1.807) is 0 Å². The zero-order valence-corrected chi connectivity index (χ0v) is 13.3. The number of carbonyl (C=O) groups excluding carboxylic acids is 1. The molecule has 0 bridgehead atoms. The molecule has 0 saturated carbocycles. The fourth-order valence-corrected chi connectivity index (χ4v) is 2.04. The lowest BCUT2D eigenvalue weighted by Gasteiger charge is -2.09. The van der Waals surface area contributed by atoms with Crippen LogP contribution in [0.15, 0.2) is 42.5 Å². The van der Waals surface area contributed by atoms with Crippen LogP contribution in [0.4, 0.5) is 5.69 Å². The largest absolute Gasteiger partial charge is 0.506 e. The fourth-order valence-electron chi connectivity index (χ4n) is 2.04. The van der Waals surface area contributed by atoms with Gasteiger partial charge >= 0.3 is 5.97 Å². The number of phenols is 1. The molecule has 3 N–H and O–H groups in total. The molecular weight excluding hydrogens is 310 g/mol. The highest BCUT2D eigenvalue weighted by Crippen LogP contribution is 2.24. The summed E-state index contributed by atoms with van der Waals surface area (Å²) in [6.45, 7) is 2.40. The maximum Gasteiger partial charge on any atom is 0.335 e. The van der Waals surface area contributed by atoms with Gasteiger partial charge in [0.2, 0.25) is 5.91 Å². The average Bonchev–Trinajstić information content (AvgIpc) is 2.55. The summed E-state index contributed by atoms with van der Waals surface area (Å²) in [5.41, 5.74) is 1.29. The highest BCUT2D eigenvalue weighted by atomic mass is 16.5. The molecule has 6 heteroatoms. The lowest BCUT2D eigenvalue weighted by atomic mass is 10.2. The van der Waals surface area contributed by atoms with Crippen molar-refractivity contribution in [2.45, 2.75) is 19.8 Å². The Morgan fingerprint density at radius 2 is 1.83 bits per heavy atom. The molecule has 6 nitrogen and oxygen atoms in total. The van der Waals surface area contributed by atoms with Crippen molar-refractivity contribution in [1.29, 1.82) is 0 Å². The van der Waals surface area contributed by atoms with Gasteiger partial charge in [0, 0.05) is 6.42 Å². The number of hydrogen-bond acceptors (Lipinski definition) is 4. The molecule has 2 aromatic carbocycles. The second-order valence-electron chi connectivity index (χ2n) is 5.35. The van der Waals surface area contributed by atoms with E-state index in [1.807, 2.05) is 31.2 Å². The SMILES string of the molecule is Cc1ccc(OCCCC(=O)Nc2ccc(C(=O)O)cc2O)cc1. The summed E-state index contributed by atoms with van der Waals surface area (Å²) in [7, 11) is 0. The number of rotatable bonds is 7. The predicted molar refractivity (Wildman–Crippen MR) is 89.6 cm³/mol. The Kier molecular flexibility index (Phi) is 5.78. The molecule has 0 aliphatic heterocycles. The Morgan fingerprint density at radius 3 is 2.46 bits per heavy atom. The molecule has 24 heavy (non-hydrogen) atoms. The summed E-state index contributed by atoms with van der Waals surface area (Å²) in [6, 6.07) is 11.4. The fraction of sp³-hybridized carbons (Fsp3) is 0.222. The van der Waals surface area contributed by atoms with Crippen LogP contribution in [-0.4, -0.2) is 28.7 Å². The molecule has 0 aliphatic rings. The molecule has 0 atom stereocenters. The van der Waals surface area contributed by atoms with Crippen LogP contribution in [0.2, 0.25) is 0 Å². The van der Waals surface area contributed by atoms with E-state index in [1.165, 1.54) is 12.1 Å². The summed E-state index contributed by atoms with van der Waals surface area (Å²) in [5, 5.41) is 21.1. The smallest absolute Gasteiger partial charge is 0.335 e. The van der Waals surface area contributed by atoms with Crippen molar-refractivity contribution in [3.05, 3.63) is 53.6 Å². The molecule has 0 heterocycles. The quantitative estimate of drug-likeness (QED) is 0.535. The van der Waals surface area contributed by atoms with Crippen molar-refractivity contribution >= 4 is 17.6 Å². The Labute approximate surface area is 139 Å². The third kappa shape index (κ3) is 5.01. The number of phenolic OH excluding ortho intramolecular Hbond substituents is 1. The molecule has 0 fully saturated rings. The number of carbonyl (C=O) groups is 2. The van der Waals surface area contributed by atoms with Crippen LogP contribution < -0.4 is 10.1 Å². The summed E-state index contributed by atoms with van der Waals surface area (Å²) in [6.07, 6.45) is 0.750.